The van der Waals surface area contributed by atoms with E-state index in [0.717, 1.165) is 0 Å². The van der Waals surface area contributed by atoms with Crippen molar-refractivity contribution in [1.82, 2.24) is 0 Å². The first-order valence-corrected chi connectivity index (χ1v) is 9.89. The maximum atomic E-state index is 3.21. The Labute approximate surface area is 180 Å². The van der Waals surface area contributed by atoms with E-state index in [1.54, 1.807) is 0 Å². The van der Waals surface area contributed by atoms with E-state index in [1.807, 2.05) is 91.7 Å². The van der Waals surface area contributed by atoms with Crippen molar-refractivity contribution in [3.63, 3.8) is 0 Å². The lowest BCUT2D eigenvalue weighted by Crippen LogP contribution is -1.65. The average Bonchev–Trinajstić information content (AvgIpc) is 2.72. The van der Waals surface area contributed by atoms with Gasteiger partial charge < -0.3 is 0 Å². The molecular formula is C27H31Br. The molecule has 0 heterocycles. The molecule has 0 saturated heterocycles. The van der Waals surface area contributed by atoms with E-state index in [2.05, 4.69) is 64.5 Å². The third-order valence-electron chi connectivity index (χ3n) is 3.37. The molecule has 3 aromatic carbocycles. The number of benzene rings is 3. The first-order valence-electron chi connectivity index (χ1n) is 8.97. The Bertz CT molecular complexity index is 673. The first kappa shape index (κ1) is 25.4. The zero-order valence-electron chi connectivity index (χ0n) is 16.0. The highest BCUT2D eigenvalue weighted by Gasteiger charge is 1.79. The van der Waals surface area contributed by atoms with Crippen LogP contribution in [0.3, 0.4) is 0 Å². The van der Waals surface area contributed by atoms with Crippen molar-refractivity contribution in [3.8, 4) is 0 Å². The van der Waals surface area contributed by atoms with Crippen LogP contribution in [0.4, 0.5) is 0 Å². The maximum absolute atomic E-state index is 3.21. The molecule has 3 aromatic rings. The van der Waals surface area contributed by atoms with Gasteiger partial charge in [-0.15, -0.1) is 0 Å². The standard InChI is InChI=1S/2C9H10.C8H7Br.CH4/c2*1-2-6-9-7-4-3-5-8-9;9-7-6-8-4-2-1-3-5-8;/h2*2-8H,1H3;1-7H;1H4/b2*6-2+;7-6+;. The summed E-state index contributed by atoms with van der Waals surface area (Å²) in [6.07, 6.45) is 10.2. The van der Waals surface area contributed by atoms with Crippen LogP contribution in [-0.4, -0.2) is 0 Å². The number of hydrogen-bond donors (Lipinski definition) is 0. The highest BCUT2D eigenvalue weighted by atomic mass is 79.9. The van der Waals surface area contributed by atoms with Crippen molar-refractivity contribution < 1.29 is 0 Å². The van der Waals surface area contributed by atoms with Crippen LogP contribution in [-0.2, 0) is 0 Å². The summed E-state index contributed by atoms with van der Waals surface area (Å²) in [4.78, 5) is 1.85. The Hall–Kier alpha value is -2.64. The fourth-order valence-corrected chi connectivity index (χ4v) is 2.46. The summed E-state index contributed by atoms with van der Waals surface area (Å²) in [5.74, 6) is 0. The van der Waals surface area contributed by atoms with Crippen molar-refractivity contribution in [3.05, 3.63) is 125 Å². The number of allylic oxidation sites excluding steroid dienone is 2. The van der Waals surface area contributed by atoms with Gasteiger partial charge in [-0.1, -0.05) is 139 Å². The van der Waals surface area contributed by atoms with E-state index in [9.17, 15) is 0 Å². The van der Waals surface area contributed by atoms with Crippen molar-refractivity contribution >= 4 is 34.2 Å². The van der Waals surface area contributed by atoms with Gasteiger partial charge in [0.15, 0.2) is 0 Å². The Kier molecular flexibility index (Phi) is 16.1. The molecule has 0 spiro atoms. The second-order valence-corrected chi connectivity index (χ2v) is 6.05. The lowest BCUT2D eigenvalue weighted by atomic mass is 10.2. The second kappa shape index (κ2) is 17.8. The Morgan fingerprint density at radius 3 is 1.04 bits per heavy atom. The van der Waals surface area contributed by atoms with Gasteiger partial charge in [0.25, 0.3) is 0 Å². The fourth-order valence-electron chi connectivity index (χ4n) is 2.15. The third kappa shape index (κ3) is 12.7. The summed E-state index contributed by atoms with van der Waals surface area (Å²) >= 11 is 3.21. The van der Waals surface area contributed by atoms with Gasteiger partial charge in [-0.05, 0) is 41.6 Å². The van der Waals surface area contributed by atoms with Crippen molar-refractivity contribution in [2.75, 3.05) is 0 Å². The predicted molar refractivity (Wildman–Crippen MR) is 133 cm³/mol. The van der Waals surface area contributed by atoms with Crippen LogP contribution in [0, 0.1) is 0 Å². The van der Waals surface area contributed by atoms with Gasteiger partial charge in [0.1, 0.15) is 0 Å². The van der Waals surface area contributed by atoms with E-state index >= 15 is 0 Å². The molecule has 1 heteroatoms. The largest absolute Gasteiger partial charge is 0.0871 e. The molecule has 0 fully saturated rings. The lowest BCUT2D eigenvalue weighted by molar-refractivity contribution is 1.64. The second-order valence-electron chi connectivity index (χ2n) is 5.52. The molecule has 0 aliphatic carbocycles. The van der Waals surface area contributed by atoms with Gasteiger partial charge in [-0.25, -0.2) is 0 Å². The molecule has 0 amide bonds. The Morgan fingerprint density at radius 2 is 0.786 bits per heavy atom. The molecule has 0 radical (unpaired) electrons. The molecule has 28 heavy (non-hydrogen) atoms. The summed E-state index contributed by atoms with van der Waals surface area (Å²) in [7, 11) is 0. The van der Waals surface area contributed by atoms with Crippen LogP contribution < -0.4 is 0 Å². The van der Waals surface area contributed by atoms with Crippen LogP contribution in [0.5, 0.6) is 0 Å². The number of hydrogen-bond acceptors (Lipinski definition) is 0. The molecule has 0 aliphatic rings. The van der Waals surface area contributed by atoms with Gasteiger partial charge in [0.05, 0.1) is 0 Å². The third-order valence-corrected chi connectivity index (χ3v) is 3.64. The first-order chi connectivity index (χ1) is 13.3. The van der Waals surface area contributed by atoms with Crippen LogP contribution in [0.2, 0.25) is 0 Å². The highest BCUT2D eigenvalue weighted by molar-refractivity contribution is 9.11. The predicted octanol–water partition coefficient (Wildman–Crippen LogP) is 9.13. The normalized spacial score (nSPS) is 9.96. The van der Waals surface area contributed by atoms with Crippen LogP contribution in [0.25, 0.3) is 18.2 Å². The van der Waals surface area contributed by atoms with Gasteiger partial charge >= 0.3 is 0 Å². The number of rotatable bonds is 3. The van der Waals surface area contributed by atoms with Crippen molar-refractivity contribution in [2.45, 2.75) is 21.3 Å². The van der Waals surface area contributed by atoms with Crippen molar-refractivity contribution in [2.24, 2.45) is 0 Å². The summed E-state index contributed by atoms with van der Waals surface area (Å²) in [5, 5.41) is 0. The molecule has 3 rings (SSSR count). The zero-order chi connectivity index (χ0) is 19.6. The molecule has 0 unspecified atom stereocenters. The molecule has 0 atom stereocenters. The Balaban J connectivity index is 0.000000384. The molecule has 0 nitrogen and oxygen atoms in total. The maximum Gasteiger partial charge on any atom is -0.0183 e. The van der Waals surface area contributed by atoms with Gasteiger partial charge in [-0.3, -0.25) is 0 Å². The van der Waals surface area contributed by atoms with Gasteiger partial charge in [0, 0.05) is 0 Å². The highest BCUT2D eigenvalue weighted by Crippen LogP contribution is 2.02. The molecule has 0 N–H and O–H groups in total. The summed E-state index contributed by atoms with van der Waals surface area (Å²) in [6.45, 7) is 4.04. The van der Waals surface area contributed by atoms with E-state index in [1.165, 1.54) is 16.7 Å². The quantitative estimate of drug-likeness (QED) is 0.385. The van der Waals surface area contributed by atoms with Crippen LogP contribution >= 0.6 is 15.9 Å². The van der Waals surface area contributed by atoms with Gasteiger partial charge in [-0.2, -0.15) is 0 Å². The minimum Gasteiger partial charge on any atom is -0.0871 e. The summed E-state index contributed by atoms with van der Waals surface area (Å²) < 4.78 is 0. The number of halogens is 1. The molecule has 0 bridgehead atoms. The van der Waals surface area contributed by atoms with E-state index in [4.69, 9.17) is 0 Å². The molecule has 0 saturated carbocycles. The van der Waals surface area contributed by atoms with E-state index in [-0.39, 0.29) is 7.43 Å². The zero-order valence-corrected chi connectivity index (χ0v) is 17.6. The van der Waals surface area contributed by atoms with Crippen LogP contribution in [0.15, 0.2) is 108 Å². The topological polar surface area (TPSA) is 0 Å². The van der Waals surface area contributed by atoms with E-state index in [0.29, 0.717) is 0 Å². The molecule has 0 aromatic heterocycles. The SMILES string of the molecule is Br/C=C/c1ccccc1.C.C/C=C/c1ccccc1.C/C=C/c1ccccc1. The smallest absolute Gasteiger partial charge is 0.0183 e. The van der Waals surface area contributed by atoms with E-state index < -0.39 is 0 Å². The molecule has 146 valence electrons. The van der Waals surface area contributed by atoms with Crippen molar-refractivity contribution in [1.29, 1.82) is 0 Å². The summed E-state index contributed by atoms with van der Waals surface area (Å²) in [6, 6.07) is 30.7. The average molecular weight is 435 g/mol. The lowest BCUT2D eigenvalue weighted by Gasteiger charge is -1.86. The minimum atomic E-state index is 0. The molecular weight excluding hydrogens is 404 g/mol. The summed E-state index contributed by atoms with van der Waals surface area (Å²) in [5.41, 5.74) is 3.74. The van der Waals surface area contributed by atoms with Crippen LogP contribution in [0.1, 0.15) is 38.0 Å². The molecule has 0 aliphatic heterocycles. The minimum absolute atomic E-state index is 0. The Morgan fingerprint density at radius 1 is 0.500 bits per heavy atom. The fraction of sp³-hybridized carbons (Fsp3) is 0.111. The van der Waals surface area contributed by atoms with Gasteiger partial charge in [0.2, 0.25) is 0 Å². The monoisotopic (exact) mass is 434 g/mol.